The van der Waals surface area contributed by atoms with Gasteiger partial charge in [0.05, 0.1) is 6.04 Å². The van der Waals surface area contributed by atoms with E-state index in [0.29, 0.717) is 6.42 Å². The van der Waals surface area contributed by atoms with Gasteiger partial charge in [0.25, 0.3) is 0 Å². The predicted molar refractivity (Wildman–Crippen MR) is 45.6 cm³/mol. The van der Waals surface area contributed by atoms with E-state index in [2.05, 4.69) is 14.5 Å². The Hall–Kier alpha value is 0.0200. The highest BCUT2D eigenvalue weighted by Gasteiger charge is 2.08. The smallest absolute Gasteiger partial charge is 0.149 e. The molecule has 0 aliphatic heterocycles. The van der Waals surface area contributed by atoms with Crippen LogP contribution in [0, 0.1) is 0 Å². The van der Waals surface area contributed by atoms with Crippen molar-refractivity contribution in [3.05, 3.63) is 0 Å². The van der Waals surface area contributed by atoms with Gasteiger partial charge in [-0.25, -0.2) is 0 Å². The molecular formula is C6H15N2OP. The van der Waals surface area contributed by atoms with Crippen LogP contribution in [0.25, 0.3) is 0 Å². The molecule has 0 amide bonds. The van der Waals surface area contributed by atoms with Gasteiger partial charge in [-0.05, 0) is 6.42 Å². The summed E-state index contributed by atoms with van der Waals surface area (Å²) in [6, 6.07) is -0.280. The van der Waals surface area contributed by atoms with E-state index in [0.717, 1.165) is 13.0 Å². The third kappa shape index (κ3) is 3.94. The Kier molecular flexibility index (Phi) is 5.79. The Morgan fingerprint density at radius 2 is 2.40 bits per heavy atom. The third-order valence-electron chi connectivity index (χ3n) is 1.36. The summed E-state index contributed by atoms with van der Waals surface area (Å²) in [5.74, 6) is 0.139. The van der Waals surface area contributed by atoms with Crippen LogP contribution in [-0.4, -0.2) is 18.4 Å². The van der Waals surface area contributed by atoms with Gasteiger partial charge in [0.2, 0.25) is 0 Å². The second-order valence-electron chi connectivity index (χ2n) is 2.17. The van der Waals surface area contributed by atoms with Crippen LogP contribution in [0.1, 0.15) is 19.8 Å². The maximum atomic E-state index is 10.9. The minimum atomic E-state index is -0.280. The van der Waals surface area contributed by atoms with Gasteiger partial charge in [0.1, 0.15) is 5.78 Å². The van der Waals surface area contributed by atoms with Crippen molar-refractivity contribution >= 4 is 15.2 Å². The maximum Gasteiger partial charge on any atom is 0.149 e. The Morgan fingerprint density at radius 1 is 1.80 bits per heavy atom. The lowest BCUT2D eigenvalue weighted by atomic mass is 10.1. The molecule has 3 nitrogen and oxygen atoms in total. The molecule has 0 saturated carbocycles. The van der Waals surface area contributed by atoms with Crippen molar-refractivity contribution in [3.8, 4) is 0 Å². The standard InChI is InChI=1S/C6H15N2OP/c1-2-6(9)5(7)3-4-8-10/h5,8H,2-4,7,10H2,1H3. The fourth-order valence-corrected chi connectivity index (χ4v) is 0.829. The number of Topliss-reactive ketones (excluding diaryl/α,β-unsaturated/α-hetero) is 1. The predicted octanol–water partition coefficient (Wildman–Crippen LogP) is 0.0626. The molecule has 0 fully saturated rings. The first-order chi connectivity index (χ1) is 4.72. The SMILES string of the molecule is CCC(=O)C(N)CCNP. The summed E-state index contributed by atoms with van der Waals surface area (Å²) in [5, 5.41) is 2.86. The lowest BCUT2D eigenvalue weighted by Crippen LogP contribution is -2.32. The number of nitrogens with one attached hydrogen (secondary N) is 1. The van der Waals surface area contributed by atoms with Crippen LogP contribution in [0.5, 0.6) is 0 Å². The van der Waals surface area contributed by atoms with Crippen molar-refractivity contribution < 1.29 is 4.79 Å². The van der Waals surface area contributed by atoms with Crippen molar-refractivity contribution in [1.82, 2.24) is 5.09 Å². The van der Waals surface area contributed by atoms with Crippen LogP contribution >= 0.6 is 9.39 Å². The quantitative estimate of drug-likeness (QED) is 0.562. The van der Waals surface area contributed by atoms with Crippen molar-refractivity contribution in [1.29, 1.82) is 0 Å². The highest BCUT2D eigenvalue weighted by Crippen LogP contribution is 1.92. The van der Waals surface area contributed by atoms with Gasteiger partial charge in [-0.3, -0.25) is 4.79 Å². The summed E-state index contributed by atoms with van der Waals surface area (Å²) in [4.78, 5) is 10.9. The van der Waals surface area contributed by atoms with E-state index in [-0.39, 0.29) is 11.8 Å². The van der Waals surface area contributed by atoms with Gasteiger partial charge in [0, 0.05) is 13.0 Å². The van der Waals surface area contributed by atoms with Crippen molar-refractivity contribution in [3.63, 3.8) is 0 Å². The fourth-order valence-electron chi connectivity index (χ4n) is 0.662. The van der Waals surface area contributed by atoms with E-state index in [1.807, 2.05) is 6.92 Å². The summed E-state index contributed by atoms with van der Waals surface area (Å²) in [6.07, 6.45) is 1.26. The summed E-state index contributed by atoms with van der Waals surface area (Å²) in [5.41, 5.74) is 5.52. The molecular weight excluding hydrogens is 147 g/mol. The molecule has 0 aromatic carbocycles. The highest BCUT2D eigenvalue weighted by atomic mass is 31.0. The molecule has 0 saturated heterocycles. The topological polar surface area (TPSA) is 55.1 Å². The zero-order valence-electron chi connectivity index (χ0n) is 6.26. The molecule has 10 heavy (non-hydrogen) atoms. The van der Waals surface area contributed by atoms with Crippen LogP contribution in [0.15, 0.2) is 0 Å². The van der Waals surface area contributed by atoms with Gasteiger partial charge in [-0.1, -0.05) is 16.3 Å². The van der Waals surface area contributed by atoms with E-state index >= 15 is 0 Å². The number of ketones is 1. The average molecular weight is 162 g/mol. The molecule has 3 N–H and O–H groups in total. The molecule has 0 aromatic rings. The number of carbonyl (C=O) groups excluding carboxylic acids is 1. The average Bonchev–Trinajstić information content (AvgIpc) is 1.98. The zero-order chi connectivity index (χ0) is 7.98. The van der Waals surface area contributed by atoms with E-state index in [1.54, 1.807) is 0 Å². The summed E-state index contributed by atoms with van der Waals surface area (Å²) < 4.78 is 0. The van der Waals surface area contributed by atoms with Crippen LogP contribution in [0.3, 0.4) is 0 Å². The molecule has 4 heteroatoms. The molecule has 0 radical (unpaired) electrons. The van der Waals surface area contributed by atoms with Gasteiger partial charge < -0.3 is 10.8 Å². The largest absolute Gasteiger partial charge is 0.321 e. The third-order valence-corrected chi connectivity index (χ3v) is 1.65. The molecule has 0 rings (SSSR count). The van der Waals surface area contributed by atoms with Crippen molar-refractivity contribution in [2.24, 2.45) is 5.73 Å². The number of carbonyl (C=O) groups is 1. The number of hydrogen-bond donors (Lipinski definition) is 2. The number of rotatable bonds is 5. The second kappa shape index (κ2) is 5.78. The summed E-state index contributed by atoms with van der Waals surface area (Å²) in [6.45, 7) is 2.61. The van der Waals surface area contributed by atoms with Gasteiger partial charge in [-0.2, -0.15) is 0 Å². The second-order valence-corrected chi connectivity index (χ2v) is 2.58. The molecule has 2 unspecified atom stereocenters. The summed E-state index contributed by atoms with van der Waals surface area (Å²) in [7, 11) is 2.38. The van der Waals surface area contributed by atoms with E-state index < -0.39 is 0 Å². The maximum absolute atomic E-state index is 10.9. The normalized spacial score (nSPS) is 13.1. The molecule has 0 heterocycles. The molecule has 0 aliphatic carbocycles. The number of hydrogen-bond acceptors (Lipinski definition) is 3. The lowest BCUT2D eigenvalue weighted by molar-refractivity contribution is -0.120. The van der Waals surface area contributed by atoms with E-state index in [4.69, 9.17) is 5.73 Å². The van der Waals surface area contributed by atoms with Crippen LogP contribution < -0.4 is 10.8 Å². The Morgan fingerprint density at radius 3 is 2.80 bits per heavy atom. The monoisotopic (exact) mass is 162 g/mol. The molecule has 60 valence electrons. The molecule has 0 aliphatic rings. The first-order valence-electron chi connectivity index (χ1n) is 3.44. The van der Waals surface area contributed by atoms with Gasteiger partial charge in [-0.15, -0.1) is 0 Å². The Bertz CT molecular complexity index is 108. The minimum absolute atomic E-state index is 0.139. The number of nitrogens with two attached hydrogens (primary N) is 1. The van der Waals surface area contributed by atoms with Crippen LogP contribution in [-0.2, 0) is 4.79 Å². The summed E-state index contributed by atoms with van der Waals surface area (Å²) >= 11 is 0. The Balaban J connectivity index is 3.41. The molecule has 0 aromatic heterocycles. The minimum Gasteiger partial charge on any atom is -0.321 e. The fraction of sp³-hybridized carbons (Fsp3) is 0.833. The van der Waals surface area contributed by atoms with Crippen LogP contribution in [0.2, 0.25) is 0 Å². The van der Waals surface area contributed by atoms with Gasteiger partial charge >= 0.3 is 0 Å². The Labute approximate surface area is 64.0 Å². The van der Waals surface area contributed by atoms with Crippen molar-refractivity contribution in [2.45, 2.75) is 25.8 Å². The van der Waals surface area contributed by atoms with E-state index in [1.165, 1.54) is 0 Å². The molecule has 0 bridgehead atoms. The zero-order valence-corrected chi connectivity index (χ0v) is 7.42. The molecule has 2 atom stereocenters. The lowest BCUT2D eigenvalue weighted by Gasteiger charge is -2.07. The van der Waals surface area contributed by atoms with Crippen LogP contribution in [0.4, 0.5) is 0 Å². The molecule has 0 spiro atoms. The highest BCUT2D eigenvalue weighted by molar-refractivity contribution is 7.13. The van der Waals surface area contributed by atoms with Crippen molar-refractivity contribution in [2.75, 3.05) is 6.54 Å². The first kappa shape index (κ1) is 10.0. The first-order valence-corrected chi connectivity index (χ1v) is 4.01. The van der Waals surface area contributed by atoms with E-state index in [9.17, 15) is 4.79 Å². The van der Waals surface area contributed by atoms with Gasteiger partial charge in [0.15, 0.2) is 0 Å².